The molecule has 1 unspecified atom stereocenters. The van der Waals surface area contributed by atoms with Crippen LogP contribution in [0.1, 0.15) is 25.3 Å². The summed E-state index contributed by atoms with van der Waals surface area (Å²) in [5.41, 5.74) is 7.09. The Morgan fingerprint density at radius 1 is 1.44 bits per heavy atom. The number of hydrogen-bond donors (Lipinski definition) is 1. The third kappa shape index (κ3) is 5.61. The van der Waals surface area contributed by atoms with Gasteiger partial charge in [0.2, 0.25) is 0 Å². The van der Waals surface area contributed by atoms with Crippen molar-refractivity contribution in [2.45, 2.75) is 37.1 Å². The van der Waals surface area contributed by atoms with E-state index < -0.39 is 0 Å². The summed E-state index contributed by atoms with van der Waals surface area (Å²) < 4.78 is 5.03. The minimum absolute atomic E-state index is 0.197. The monoisotopic (exact) mass is 287 g/mol. The highest BCUT2D eigenvalue weighted by Gasteiger charge is 2.06. The van der Waals surface area contributed by atoms with Gasteiger partial charge in [-0.25, -0.2) is 0 Å². The smallest absolute Gasteiger partial charge is 0.0470 e. The predicted octanol–water partition coefficient (Wildman–Crippen LogP) is 3.75. The number of thioether (sulfide) groups is 1. The van der Waals surface area contributed by atoms with E-state index in [0.29, 0.717) is 0 Å². The molecule has 1 rings (SSSR count). The lowest BCUT2D eigenvalue weighted by Gasteiger charge is -2.11. The van der Waals surface area contributed by atoms with Crippen LogP contribution < -0.4 is 5.73 Å². The first-order valence-electron chi connectivity index (χ1n) is 6.33. The van der Waals surface area contributed by atoms with Gasteiger partial charge in [-0.1, -0.05) is 24.6 Å². The van der Waals surface area contributed by atoms with Crippen molar-refractivity contribution >= 4 is 23.4 Å². The quantitative estimate of drug-likeness (QED) is 0.584. The van der Waals surface area contributed by atoms with Crippen molar-refractivity contribution in [3.05, 3.63) is 28.8 Å². The molecule has 18 heavy (non-hydrogen) atoms. The van der Waals surface area contributed by atoms with E-state index in [9.17, 15) is 0 Å². The lowest BCUT2D eigenvalue weighted by molar-refractivity contribution is 0.200. The summed E-state index contributed by atoms with van der Waals surface area (Å²) in [4.78, 5) is 1.21. The van der Waals surface area contributed by atoms with Crippen molar-refractivity contribution in [1.82, 2.24) is 0 Å². The maximum atomic E-state index is 6.28. The van der Waals surface area contributed by atoms with Crippen molar-refractivity contribution < 1.29 is 4.74 Å². The summed E-state index contributed by atoms with van der Waals surface area (Å²) in [6, 6.07) is 6.46. The Labute approximate surface area is 119 Å². The van der Waals surface area contributed by atoms with Crippen LogP contribution in [-0.4, -0.2) is 25.5 Å². The van der Waals surface area contributed by atoms with Gasteiger partial charge in [-0.2, -0.15) is 0 Å². The zero-order chi connectivity index (χ0) is 13.4. The van der Waals surface area contributed by atoms with Crippen molar-refractivity contribution in [3.63, 3.8) is 0 Å². The molecule has 0 radical (unpaired) electrons. The molecular formula is C14H22ClNOS. The molecule has 0 spiro atoms. The summed E-state index contributed by atoms with van der Waals surface area (Å²) in [5, 5.41) is 0.829. The van der Waals surface area contributed by atoms with Crippen LogP contribution in [0.2, 0.25) is 5.02 Å². The summed E-state index contributed by atoms with van der Waals surface area (Å²) in [6.07, 6.45) is 2.88. The van der Waals surface area contributed by atoms with Crippen LogP contribution in [0.3, 0.4) is 0 Å². The first-order chi connectivity index (χ1) is 8.67. The summed E-state index contributed by atoms with van der Waals surface area (Å²) in [7, 11) is 1.73. The molecule has 1 aromatic rings. The number of rotatable bonds is 8. The largest absolute Gasteiger partial charge is 0.385 e. The first-order valence-corrected chi connectivity index (χ1v) is 7.69. The fourth-order valence-electron chi connectivity index (χ4n) is 1.60. The summed E-state index contributed by atoms with van der Waals surface area (Å²) in [6.45, 7) is 2.91. The fourth-order valence-corrected chi connectivity index (χ4v) is 2.79. The topological polar surface area (TPSA) is 35.2 Å². The molecule has 0 aromatic heterocycles. The molecule has 0 amide bonds. The molecule has 1 atom stereocenters. The Bertz CT molecular complexity index is 360. The number of ether oxygens (including phenoxy) is 1. The van der Waals surface area contributed by atoms with Crippen LogP contribution in [0.25, 0.3) is 0 Å². The average Bonchev–Trinajstić information content (AvgIpc) is 2.37. The standard InChI is InChI=1S/C14H22ClNOS/c1-3-12(16)9-11-5-6-13(10-14(11)15)18-8-4-7-17-2/h5-6,10,12H,3-4,7-9,16H2,1-2H3. The number of nitrogens with two attached hydrogens (primary N) is 1. The third-order valence-electron chi connectivity index (χ3n) is 2.79. The van der Waals surface area contributed by atoms with E-state index in [1.165, 1.54) is 4.90 Å². The van der Waals surface area contributed by atoms with Gasteiger partial charge in [-0.3, -0.25) is 0 Å². The van der Waals surface area contributed by atoms with Gasteiger partial charge in [0.05, 0.1) is 0 Å². The molecule has 0 fully saturated rings. The van der Waals surface area contributed by atoms with E-state index in [2.05, 4.69) is 19.1 Å². The molecule has 102 valence electrons. The van der Waals surface area contributed by atoms with Crippen LogP contribution in [0.5, 0.6) is 0 Å². The lowest BCUT2D eigenvalue weighted by atomic mass is 10.1. The molecular weight excluding hydrogens is 266 g/mol. The molecule has 0 saturated carbocycles. The Kier molecular flexibility index (Phi) is 7.75. The van der Waals surface area contributed by atoms with Gasteiger partial charge in [0, 0.05) is 35.4 Å². The van der Waals surface area contributed by atoms with E-state index in [0.717, 1.165) is 42.2 Å². The lowest BCUT2D eigenvalue weighted by Crippen LogP contribution is -2.21. The second-order valence-electron chi connectivity index (χ2n) is 4.32. The maximum Gasteiger partial charge on any atom is 0.0470 e. The number of benzene rings is 1. The van der Waals surface area contributed by atoms with Crippen molar-refractivity contribution in [2.75, 3.05) is 19.5 Å². The van der Waals surface area contributed by atoms with Crippen molar-refractivity contribution in [2.24, 2.45) is 5.73 Å². The maximum absolute atomic E-state index is 6.28. The van der Waals surface area contributed by atoms with Crippen LogP contribution >= 0.6 is 23.4 Å². The average molecular weight is 288 g/mol. The highest BCUT2D eigenvalue weighted by atomic mass is 35.5. The zero-order valence-electron chi connectivity index (χ0n) is 11.1. The molecule has 0 aliphatic rings. The van der Waals surface area contributed by atoms with Crippen LogP contribution in [0.15, 0.2) is 23.1 Å². The van der Waals surface area contributed by atoms with Gasteiger partial charge >= 0.3 is 0 Å². The molecule has 1 aromatic carbocycles. The first kappa shape index (κ1) is 15.8. The molecule has 2 N–H and O–H groups in total. The SMILES string of the molecule is CCC(N)Cc1ccc(SCCCOC)cc1Cl. The van der Waals surface area contributed by atoms with Gasteiger partial charge in [-0.15, -0.1) is 11.8 Å². The number of methoxy groups -OCH3 is 1. The fraction of sp³-hybridized carbons (Fsp3) is 0.571. The van der Waals surface area contributed by atoms with E-state index in [-0.39, 0.29) is 6.04 Å². The minimum Gasteiger partial charge on any atom is -0.385 e. The van der Waals surface area contributed by atoms with Gasteiger partial charge < -0.3 is 10.5 Å². The second-order valence-corrected chi connectivity index (χ2v) is 5.90. The highest BCUT2D eigenvalue weighted by Crippen LogP contribution is 2.26. The normalized spacial score (nSPS) is 12.7. The van der Waals surface area contributed by atoms with Gasteiger partial charge in [0.1, 0.15) is 0 Å². The molecule has 0 aliphatic heterocycles. The molecule has 0 aliphatic carbocycles. The van der Waals surface area contributed by atoms with E-state index in [1.807, 2.05) is 17.8 Å². The Hall–Kier alpha value is -0.220. The summed E-state index contributed by atoms with van der Waals surface area (Å²) >= 11 is 8.09. The second kappa shape index (κ2) is 8.81. The van der Waals surface area contributed by atoms with E-state index in [1.54, 1.807) is 7.11 Å². The third-order valence-corrected chi connectivity index (χ3v) is 4.22. The Morgan fingerprint density at radius 3 is 2.83 bits per heavy atom. The Balaban J connectivity index is 2.51. The minimum atomic E-state index is 0.197. The number of hydrogen-bond acceptors (Lipinski definition) is 3. The van der Waals surface area contributed by atoms with Crippen LogP contribution in [-0.2, 0) is 11.2 Å². The molecule has 2 nitrogen and oxygen atoms in total. The molecule has 0 heterocycles. The van der Waals surface area contributed by atoms with Crippen molar-refractivity contribution in [3.8, 4) is 0 Å². The Morgan fingerprint density at radius 2 is 2.22 bits per heavy atom. The molecule has 0 saturated heterocycles. The van der Waals surface area contributed by atoms with Gasteiger partial charge in [0.15, 0.2) is 0 Å². The molecule has 4 heteroatoms. The van der Waals surface area contributed by atoms with E-state index in [4.69, 9.17) is 22.1 Å². The van der Waals surface area contributed by atoms with Gasteiger partial charge in [-0.05, 0) is 37.0 Å². The van der Waals surface area contributed by atoms with Crippen molar-refractivity contribution in [1.29, 1.82) is 0 Å². The van der Waals surface area contributed by atoms with Crippen LogP contribution in [0.4, 0.5) is 0 Å². The number of halogens is 1. The summed E-state index contributed by atoms with van der Waals surface area (Å²) in [5.74, 6) is 1.05. The molecule has 0 bridgehead atoms. The van der Waals surface area contributed by atoms with Gasteiger partial charge in [0.25, 0.3) is 0 Å². The highest BCUT2D eigenvalue weighted by molar-refractivity contribution is 7.99. The van der Waals surface area contributed by atoms with E-state index >= 15 is 0 Å². The zero-order valence-corrected chi connectivity index (χ0v) is 12.7. The predicted molar refractivity (Wildman–Crippen MR) is 80.6 cm³/mol. The van der Waals surface area contributed by atoms with Crippen LogP contribution in [0, 0.1) is 0 Å².